The molecule has 1 aliphatic rings. The Kier molecular flexibility index (Phi) is 4.50. The molecule has 21 heavy (non-hydrogen) atoms. The summed E-state index contributed by atoms with van der Waals surface area (Å²) in [6, 6.07) is -0.205. The summed E-state index contributed by atoms with van der Waals surface area (Å²) in [4.78, 5) is 24.8. The molecule has 0 aromatic carbocycles. The smallest absolute Gasteiger partial charge is 0.317 e. The van der Waals surface area contributed by atoms with E-state index in [-0.39, 0.29) is 12.6 Å². The Morgan fingerprint density at radius 3 is 2.71 bits per heavy atom. The minimum Gasteiger partial charge on any atom is -0.481 e. The number of aliphatic carboxylic acids is 1. The number of piperidine rings is 1. The van der Waals surface area contributed by atoms with E-state index in [1.807, 2.05) is 20.9 Å². The quantitative estimate of drug-likeness (QED) is 0.872. The van der Waals surface area contributed by atoms with Crippen molar-refractivity contribution in [3.8, 4) is 0 Å². The number of likely N-dealkylation sites (tertiary alicyclic amines) is 1. The van der Waals surface area contributed by atoms with Crippen LogP contribution < -0.4 is 5.32 Å². The van der Waals surface area contributed by atoms with Crippen molar-refractivity contribution in [3.63, 3.8) is 0 Å². The predicted octanol–water partition coefficient (Wildman–Crippen LogP) is 1.04. The molecule has 116 valence electrons. The fourth-order valence-electron chi connectivity index (χ4n) is 2.71. The highest BCUT2D eigenvalue weighted by Crippen LogP contribution is 2.17. The van der Waals surface area contributed by atoms with Gasteiger partial charge in [-0.05, 0) is 26.7 Å². The van der Waals surface area contributed by atoms with Crippen LogP contribution >= 0.6 is 0 Å². The molecule has 0 spiro atoms. The number of carboxylic acid groups (broad SMARTS) is 1. The molecule has 0 aliphatic carbocycles. The van der Waals surface area contributed by atoms with Crippen LogP contribution in [0.5, 0.6) is 0 Å². The van der Waals surface area contributed by atoms with Gasteiger partial charge in [0.15, 0.2) is 0 Å². The van der Waals surface area contributed by atoms with Crippen LogP contribution in [-0.4, -0.2) is 44.9 Å². The van der Waals surface area contributed by atoms with E-state index in [4.69, 9.17) is 5.11 Å². The van der Waals surface area contributed by atoms with Crippen LogP contribution in [0.1, 0.15) is 29.8 Å². The summed E-state index contributed by atoms with van der Waals surface area (Å²) in [5, 5.41) is 16.2. The molecule has 2 amide bonds. The molecular weight excluding hydrogens is 272 g/mol. The number of nitrogens with one attached hydrogen (secondary N) is 1. The maximum Gasteiger partial charge on any atom is 0.317 e. The molecule has 0 saturated carbocycles. The molecule has 2 N–H and O–H groups in total. The van der Waals surface area contributed by atoms with Gasteiger partial charge in [-0.3, -0.25) is 9.48 Å². The first-order chi connectivity index (χ1) is 9.90. The molecule has 1 saturated heterocycles. The van der Waals surface area contributed by atoms with Crippen LogP contribution in [0.4, 0.5) is 4.79 Å². The van der Waals surface area contributed by atoms with E-state index in [0.717, 1.165) is 23.4 Å². The van der Waals surface area contributed by atoms with E-state index in [2.05, 4.69) is 10.4 Å². The van der Waals surface area contributed by atoms with Crippen molar-refractivity contribution < 1.29 is 14.7 Å². The van der Waals surface area contributed by atoms with Crippen LogP contribution in [0.25, 0.3) is 0 Å². The summed E-state index contributed by atoms with van der Waals surface area (Å²) in [6.07, 6.45) is 1.37. The fourth-order valence-corrected chi connectivity index (χ4v) is 2.71. The van der Waals surface area contributed by atoms with Gasteiger partial charge in [0.05, 0.1) is 11.6 Å². The average Bonchev–Trinajstić information content (AvgIpc) is 2.70. The Morgan fingerprint density at radius 1 is 1.43 bits per heavy atom. The first kappa shape index (κ1) is 15.3. The van der Waals surface area contributed by atoms with Gasteiger partial charge in [-0.15, -0.1) is 0 Å². The minimum absolute atomic E-state index is 0.205. The Balaban J connectivity index is 1.94. The van der Waals surface area contributed by atoms with Gasteiger partial charge in [0.2, 0.25) is 0 Å². The summed E-state index contributed by atoms with van der Waals surface area (Å²) in [5.41, 5.74) is 2.94. The average molecular weight is 294 g/mol. The number of carbonyl (C=O) groups is 2. The van der Waals surface area contributed by atoms with Crippen LogP contribution in [-0.2, 0) is 18.4 Å². The lowest BCUT2D eigenvalue weighted by Crippen LogP contribution is -2.46. The highest BCUT2D eigenvalue weighted by Gasteiger charge is 2.28. The van der Waals surface area contributed by atoms with Crippen molar-refractivity contribution in [3.05, 3.63) is 17.0 Å². The molecule has 1 aromatic heterocycles. The normalized spacial score (nSPS) is 18.6. The Morgan fingerprint density at radius 2 is 2.14 bits per heavy atom. The van der Waals surface area contributed by atoms with Crippen molar-refractivity contribution in [2.45, 2.75) is 33.2 Å². The van der Waals surface area contributed by atoms with Gasteiger partial charge >= 0.3 is 12.0 Å². The number of rotatable bonds is 3. The van der Waals surface area contributed by atoms with Crippen molar-refractivity contribution >= 4 is 12.0 Å². The van der Waals surface area contributed by atoms with E-state index in [1.54, 1.807) is 9.58 Å². The lowest BCUT2D eigenvalue weighted by Gasteiger charge is -2.30. The zero-order valence-corrected chi connectivity index (χ0v) is 12.7. The predicted molar refractivity (Wildman–Crippen MR) is 76.9 cm³/mol. The largest absolute Gasteiger partial charge is 0.481 e. The molecule has 1 atom stereocenters. The van der Waals surface area contributed by atoms with Crippen molar-refractivity contribution in [1.29, 1.82) is 0 Å². The van der Waals surface area contributed by atoms with Gasteiger partial charge in [0.25, 0.3) is 0 Å². The third-order valence-electron chi connectivity index (χ3n) is 4.13. The molecule has 2 heterocycles. The number of carboxylic acids is 1. The van der Waals surface area contributed by atoms with Crippen molar-refractivity contribution in [1.82, 2.24) is 20.0 Å². The van der Waals surface area contributed by atoms with Gasteiger partial charge in [-0.25, -0.2) is 4.79 Å². The molecule has 7 nitrogen and oxygen atoms in total. The Hall–Kier alpha value is -2.05. The number of amides is 2. The maximum absolute atomic E-state index is 12.2. The lowest BCUT2D eigenvalue weighted by molar-refractivity contribution is -0.143. The summed E-state index contributed by atoms with van der Waals surface area (Å²) < 4.78 is 1.79. The summed E-state index contributed by atoms with van der Waals surface area (Å²) >= 11 is 0. The van der Waals surface area contributed by atoms with E-state index < -0.39 is 11.9 Å². The van der Waals surface area contributed by atoms with Crippen LogP contribution in [0.2, 0.25) is 0 Å². The third kappa shape index (κ3) is 3.34. The number of nitrogens with zero attached hydrogens (tertiary/aromatic N) is 3. The zero-order chi connectivity index (χ0) is 15.6. The number of carbonyl (C=O) groups excluding carboxylic acids is 1. The number of aromatic nitrogens is 2. The standard InChI is InChI=1S/C14H22N4O3/c1-9-12(10(2)17(3)16-9)7-15-14(21)18-6-4-5-11(8-18)13(19)20/h11H,4-8H2,1-3H3,(H,15,21)(H,19,20). The van der Waals surface area contributed by atoms with Gasteiger partial charge in [-0.1, -0.05) is 0 Å². The van der Waals surface area contributed by atoms with Crippen molar-refractivity contribution in [2.75, 3.05) is 13.1 Å². The second kappa shape index (κ2) is 6.15. The highest BCUT2D eigenvalue weighted by atomic mass is 16.4. The maximum atomic E-state index is 12.2. The Bertz CT molecular complexity index is 553. The van der Waals surface area contributed by atoms with Gasteiger partial charge in [0, 0.05) is 37.9 Å². The first-order valence-corrected chi connectivity index (χ1v) is 7.14. The fraction of sp³-hybridized carbons (Fsp3) is 0.643. The molecule has 1 fully saturated rings. The molecule has 1 aliphatic heterocycles. The van der Waals surface area contributed by atoms with Crippen LogP contribution in [0.15, 0.2) is 0 Å². The second-order valence-corrected chi connectivity index (χ2v) is 5.56. The van der Waals surface area contributed by atoms with E-state index in [0.29, 0.717) is 19.5 Å². The van der Waals surface area contributed by atoms with E-state index in [1.165, 1.54) is 0 Å². The number of aryl methyl sites for hydroxylation is 2. The molecule has 0 radical (unpaired) electrons. The third-order valence-corrected chi connectivity index (χ3v) is 4.13. The minimum atomic E-state index is -0.827. The summed E-state index contributed by atoms with van der Waals surface area (Å²) in [7, 11) is 1.87. The molecule has 2 rings (SSSR count). The van der Waals surface area contributed by atoms with Crippen molar-refractivity contribution in [2.24, 2.45) is 13.0 Å². The van der Waals surface area contributed by atoms with Crippen LogP contribution in [0.3, 0.4) is 0 Å². The zero-order valence-electron chi connectivity index (χ0n) is 12.7. The molecule has 1 aromatic rings. The molecule has 1 unspecified atom stereocenters. The summed E-state index contributed by atoms with van der Waals surface area (Å²) in [5.74, 6) is -1.28. The second-order valence-electron chi connectivity index (χ2n) is 5.56. The van der Waals surface area contributed by atoms with Gasteiger partial charge < -0.3 is 15.3 Å². The molecule has 7 heteroatoms. The topological polar surface area (TPSA) is 87.5 Å². The number of hydrogen-bond acceptors (Lipinski definition) is 3. The van der Waals surface area contributed by atoms with E-state index in [9.17, 15) is 9.59 Å². The summed E-state index contributed by atoms with van der Waals surface area (Å²) in [6.45, 7) is 5.18. The van der Waals surface area contributed by atoms with Gasteiger partial charge in [0.1, 0.15) is 0 Å². The van der Waals surface area contributed by atoms with Crippen LogP contribution in [0, 0.1) is 19.8 Å². The SMILES string of the molecule is Cc1nn(C)c(C)c1CNC(=O)N1CCCC(C(=O)O)C1. The Labute approximate surface area is 123 Å². The highest BCUT2D eigenvalue weighted by molar-refractivity contribution is 5.76. The molecular formula is C14H22N4O3. The van der Waals surface area contributed by atoms with Gasteiger partial charge in [-0.2, -0.15) is 5.10 Å². The number of urea groups is 1. The molecule has 0 bridgehead atoms. The first-order valence-electron chi connectivity index (χ1n) is 7.14. The number of hydrogen-bond donors (Lipinski definition) is 2. The van der Waals surface area contributed by atoms with E-state index >= 15 is 0 Å². The lowest BCUT2D eigenvalue weighted by atomic mass is 9.99. The monoisotopic (exact) mass is 294 g/mol.